The summed E-state index contributed by atoms with van der Waals surface area (Å²) in [4.78, 5) is 39.3. The Balaban J connectivity index is 1.43. The van der Waals surface area contributed by atoms with Gasteiger partial charge in [-0.25, -0.2) is 4.79 Å². The number of esters is 1. The fourth-order valence-corrected chi connectivity index (χ4v) is 5.84. The van der Waals surface area contributed by atoms with Gasteiger partial charge in [-0.2, -0.15) is 13.2 Å². The molecular weight excluding hydrogens is 545 g/mol. The van der Waals surface area contributed by atoms with Crippen molar-refractivity contribution >= 4 is 39.8 Å². The van der Waals surface area contributed by atoms with Crippen LogP contribution in [0.4, 0.5) is 23.9 Å². The number of ether oxygens (including phenoxy) is 2. The van der Waals surface area contributed by atoms with E-state index in [4.69, 9.17) is 9.47 Å². The molecule has 0 saturated carbocycles. The van der Waals surface area contributed by atoms with E-state index in [9.17, 15) is 27.6 Å². The molecule has 212 valence electrons. The molecule has 1 aromatic heterocycles. The first kappa shape index (κ1) is 29.1. The molecule has 3 aromatic rings. The number of para-hydroxylation sites is 1. The first-order chi connectivity index (χ1) is 19.0. The van der Waals surface area contributed by atoms with E-state index >= 15 is 0 Å². The fourth-order valence-electron chi connectivity index (χ4n) is 4.45. The number of thiophene rings is 1. The molecule has 40 heavy (non-hydrogen) atoms. The summed E-state index contributed by atoms with van der Waals surface area (Å²) in [6.45, 7) is 5.51. The Morgan fingerprint density at radius 3 is 2.45 bits per heavy atom. The first-order valence-corrected chi connectivity index (χ1v) is 13.7. The zero-order valence-electron chi connectivity index (χ0n) is 22.2. The lowest BCUT2D eigenvalue weighted by Gasteiger charge is -2.18. The van der Waals surface area contributed by atoms with Gasteiger partial charge in [0.05, 0.1) is 23.4 Å². The third-order valence-electron chi connectivity index (χ3n) is 6.51. The molecule has 0 spiro atoms. The van der Waals surface area contributed by atoms with Crippen LogP contribution >= 0.6 is 11.3 Å². The van der Waals surface area contributed by atoms with E-state index in [1.165, 1.54) is 60.7 Å². The highest BCUT2D eigenvalue weighted by Gasteiger charge is 2.34. The molecule has 0 unspecified atom stereocenters. The van der Waals surface area contributed by atoms with E-state index < -0.39 is 35.6 Å². The van der Waals surface area contributed by atoms with Crippen LogP contribution in [-0.2, 0) is 28.5 Å². The summed E-state index contributed by atoms with van der Waals surface area (Å²) in [5.74, 6) is -0.921. The molecule has 0 aliphatic heterocycles. The van der Waals surface area contributed by atoms with Crippen LogP contribution in [0.1, 0.15) is 63.9 Å². The van der Waals surface area contributed by atoms with Gasteiger partial charge in [-0.15, -0.1) is 11.3 Å². The van der Waals surface area contributed by atoms with Crippen molar-refractivity contribution in [2.24, 2.45) is 5.92 Å². The van der Waals surface area contributed by atoms with Crippen LogP contribution in [0.2, 0.25) is 0 Å². The van der Waals surface area contributed by atoms with E-state index in [0.29, 0.717) is 16.5 Å². The molecule has 0 fully saturated rings. The average molecular weight is 575 g/mol. The smallest absolute Gasteiger partial charge is 0.418 e. The summed E-state index contributed by atoms with van der Waals surface area (Å²) in [5, 5.41) is 5.55. The van der Waals surface area contributed by atoms with Gasteiger partial charge in [-0.3, -0.25) is 9.59 Å². The van der Waals surface area contributed by atoms with Crippen LogP contribution in [0.15, 0.2) is 48.5 Å². The number of carbonyl (C=O) groups is 3. The van der Waals surface area contributed by atoms with Gasteiger partial charge in [0.2, 0.25) is 0 Å². The molecule has 1 aliphatic rings. The summed E-state index contributed by atoms with van der Waals surface area (Å²) in [6, 6.07) is 10.6. The highest BCUT2D eigenvalue weighted by molar-refractivity contribution is 7.17. The molecule has 1 heterocycles. The van der Waals surface area contributed by atoms with Crippen LogP contribution in [0, 0.1) is 5.92 Å². The summed E-state index contributed by atoms with van der Waals surface area (Å²) in [6.07, 6.45) is -3.20. The molecule has 1 aliphatic carbocycles. The fraction of sp³-hybridized carbons (Fsp3) is 0.345. The lowest BCUT2D eigenvalue weighted by Crippen LogP contribution is -2.31. The zero-order valence-corrected chi connectivity index (χ0v) is 23.0. The number of hydrogen-bond donors (Lipinski definition) is 2. The first-order valence-electron chi connectivity index (χ1n) is 12.8. The topological polar surface area (TPSA) is 93.7 Å². The minimum atomic E-state index is -4.62. The van der Waals surface area contributed by atoms with Crippen molar-refractivity contribution in [3.63, 3.8) is 0 Å². The Hall–Kier alpha value is -3.86. The quantitative estimate of drug-likeness (QED) is 0.291. The lowest BCUT2D eigenvalue weighted by molar-refractivity contribution is -0.137. The van der Waals surface area contributed by atoms with E-state index in [1.807, 2.05) is 0 Å². The van der Waals surface area contributed by atoms with Gasteiger partial charge >= 0.3 is 12.1 Å². The number of carbonyl (C=O) groups excluding carboxylic acids is 3. The number of hydrogen-bond acceptors (Lipinski definition) is 6. The molecule has 7 nitrogen and oxygen atoms in total. The Bertz CT molecular complexity index is 1400. The molecule has 0 bridgehead atoms. The van der Waals surface area contributed by atoms with Gasteiger partial charge in [-0.05, 0) is 81.0 Å². The monoisotopic (exact) mass is 574 g/mol. The predicted molar refractivity (Wildman–Crippen MR) is 146 cm³/mol. The minimum Gasteiger partial charge on any atom is -0.481 e. The number of amides is 2. The van der Waals surface area contributed by atoms with Crippen molar-refractivity contribution in [3.8, 4) is 5.75 Å². The predicted octanol–water partition coefficient (Wildman–Crippen LogP) is 6.73. The number of benzene rings is 2. The normalized spacial score (nSPS) is 15.5. The van der Waals surface area contributed by atoms with Crippen molar-refractivity contribution < 1.29 is 37.0 Å². The molecule has 0 radical (unpaired) electrons. The summed E-state index contributed by atoms with van der Waals surface area (Å²) < 4.78 is 50.5. The number of halogens is 3. The average Bonchev–Trinajstić information content (AvgIpc) is 3.25. The van der Waals surface area contributed by atoms with Crippen molar-refractivity contribution in [1.29, 1.82) is 0 Å². The summed E-state index contributed by atoms with van der Waals surface area (Å²) in [5.41, 5.74) is 0.310. The second kappa shape index (κ2) is 12.1. The number of fused-ring (bicyclic) bond motifs is 1. The van der Waals surface area contributed by atoms with E-state index in [0.717, 1.165) is 35.8 Å². The third-order valence-corrected chi connectivity index (χ3v) is 7.68. The Morgan fingerprint density at radius 1 is 1.07 bits per heavy atom. The van der Waals surface area contributed by atoms with Gasteiger partial charge in [0.15, 0.2) is 6.10 Å². The third kappa shape index (κ3) is 6.64. The second-order valence-corrected chi connectivity index (χ2v) is 10.7. The van der Waals surface area contributed by atoms with E-state index in [2.05, 4.69) is 17.6 Å². The Morgan fingerprint density at radius 2 is 1.77 bits per heavy atom. The van der Waals surface area contributed by atoms with Crippen molar-refractivity contribution in [1.82, 2.24) is 0 Å². The second-order valence-electron chi connectivity index (χ2n) is 9.55. The van der Waals surface area contributed by atoms with Gasteiger partial charge in [0.25, 0.3) is 11.8 Å². The number of anilines is 2. The molecule has 2 N–H and O–H groups in total. The largest absolute Gasteiger partial charge is 0.481 e. The molecule has 2 aromatic carbocycles. The van der Waals surface area contributed by atoms with Crippen LogP contribution in [0.25, 0.3) is 0 Å². The molecule has 11 heteroatoms. The van der Waals surface area contributed by atoms with Crippen LogP contribution < -0.4 is 15.4 Å². The Kier molecular flexibility index (Phi) is 8.82. The van der Waals surface area contributed by atoms with Crippen molar-refractivity contribution in [2.45, 2.75) is 52.3 Å². The Labute approximate surface area is 233 Å². The van der Waals surface area contributed by atoms with Crippen molar-refractivity contribution in [3.05, 3.63) is 75.7 Å². The van der Waals surface area contributed by atoms with Gasteiger partial charge < -0.3 is 20.1 Å². The number of alkyl halides is 3. The lowest BCUT2D eigenvalue weighted by atomic mass is 9.88. The zero-order chi connectivity index (χ0) is 29.0. The van der Waals surface area contributed by atoms with Crippen molar-refractivity contribution in [2.75, 3.05) is 17.2 Å². The maximum atomic E-state index is 13.2. The van der Waals surface area contributed by atoms with Crippen LogP contribution in [-0.4, -0.2) is 30.5 Å². The maximum Gasteiger partial charge on any atom is 0.418 e. The van der Waals surface area contributed by atoms with E-state index in [-0.39, 0.29) is 23.6 Å². The molecule has 2 amide bonds. The number of nitrogens with one attached hydrogen (secondary N) is 2. The summed E-state index contributed by atoms with van der Waals surface area (Å²) in [7, 11) is 0. The SMILES string of the molecule is CCOC(=O)c1c(NC(=O)c2ccc(O[C@@H](C)C(=O)Nc3ccccc3C(F)(F)F)cc2)sc2c1CC[C@H](C)C2. The van der Waals surface area contributed by atoms with E-state index in [1.54, 1.807) is 6.92 Å². The van der Waals surface area contributed by atoms with Gasteiger partial charge in [0, 0.05) is 10.4 Å². The van der Waals surface area contributed by atoms with Crippen LogP contribution in [0.5, 0.6) is 5.75 Å². The summed E-state index contributed by atoms with van der Waals surface area (Å²) >= 11 is 1.39. The van der Waals surface area contributed by atoms with Gasteiger partial charge in [0.1, 0.15) is 10.8 Å². The highest BCUT2D eigenvalue weighted by Crippen LogP contribution is 2.40. The molecule has 4 rings (SSSR count). The number of rotatable bonds is 8. The standard InChI is InChI=1S/C29H29F3N2O5S/c1-4-38-28(37)24-20-14-9-16(2)15-23(20)40-27(24)34-26(36)18-10-12-19(13-11-18)39-17(3)25(35)33-22-8-6-5-7-21(22)29(30,31)32/h5-8,10-13,16-17H,4,9,14-15H2,1-3H3,(H,33,35)(H,34,36)/t16-,17-/m0/s1. The van der Waals surface area contributed by atoms with Crippen LogP contribution in [0.3, 0.4) is 0 Å². The highest BCUT2D eigenvalue weighted by atomic mass is 32.1. The molecule has 0 saturated heterocycles. The van der Waals surface area contributed by atoms with Gasteiger partial charge in [-0.1, -0.05) is 19.1 Å². The molecule has 2 atom stereocenters. The minimum absolute atomic E-state index is 0.222. The maximum absolute atomic E-state index is 13.2. The molecular formula is C29H29F3N2O5S.